The smallest absolute Gasteiger partial charge is 0.228 e. The third kappa shape index (κ3) is 3.64. The molecule has 0 fully saturated rings. The van der Waals surface area contributed by atoms with E-state index in [0.29, 0.717) is 6.42 Å². The average molecular weight is 420 g/mol. The number of hydrogen-bond donors (Lipinski definition) is 1. The molecule has 0 radical (unpaired) electrons. The van der Waals surface area contributed by atoms with Crippen LogP contribution in [0, 0.1) is 13.8 Å². The van der Waals surface area contributed by atoms with Gasteiger partial charge in [-0.1, -0.05) is 38.9 Å². The highest BCUT2D eigenvalue weighted by Gasteiger charge is 2.17. The maximum Gasteiger partial charge on any atom is 0.228 e. The summed E-state index contributed by atoms with van der Waals surface area (Å²) in [5.41, 5.74) is 3.58. The highest BCUT2D eigenvalue weighted by Crippen LogP contribution is 2.17. The molecule has 23 heavy (non-hydrogen) atoms. The summed E-state index contributed by atoms with van der Waals surface area (Å²) in [6.07, 6.45) is 2.31. The molecule has 1 aromatic heterocycles. The number of hydrogen-bond acceptors (Lipinski definition) is 3. The predicted molar refractivity (Wildman–Crippen MR) is 103 cm³/mol. The quantitative estimate of drug-likeness (QED) is 0.776. The standard InChI is InChI=1S/C17H17IN4O/c1-12-15(10-17(23)20-14-6-4-3-5-7-14)13(2)22(21-12)16-8-9-18-11-19-16/h3-9,11H,10H2,1-2H3,(H,20,23). The molecule has 1 amide bonds. The molecule has 2 aromatic rings. The van der Waals surface area contributed by atoms with Crippen molar-refractivity contribution in [2.24, 2.45) is 4.99 Å². The fraction of sp³-hybridized carbons (Fsp3) is 0.176. The van der Waals surface area contributed by atoms with Crippen LogP contribution in [0.1, 0.15) is 17.0 Å². The zero-order valence-electron chi connectivity index (χ0n) is 13.0. The number of benzene rings is 1. The minimum atomic E-state index is -0.0570. The van der Waals surface area contributed by atoms with Crippen molar-refractivity contribution in [2.45, 2.75) is 20.3 Å². The molecule has 1 N–H and O–H groups in total. The highest BCUT2D eigenvalue weighted by atomic mass is 127. The molecule has 0 unspecified atom stereocenters. The van der Waals surface area contributed by atoms with E-state index in [-0.39, 0.29) is 26.6 Å². The van der Waals surface area contributed by atoms with E-state index in [2.05, 4.69) is 19.5 Å². The summed E-state index contributed by atoms with van der Waals surface area (Å²) in [5.74, 6) is 0.770. The van der Waals surface area contributed by atoms with Gasteiger partial charge in [-0.05, 0) is 36.1 Å². The summed E-state index contributed by atoms with van der Waals surface area (Å²) in [4.78, 5) is 16.7. The van der Waals surface area contributed by atoms with Gasteiger partial charge in [0.15, 0.2) is 5.84 Å². The first-order valence-corrected chi connectivity index (χ1v) is 9.72. The van der Waals surface area contributed by atoms with E-state index in [1.807, 2.05) is 59.1 Å². The molecule has 0 saturated carbocycles. The predicted octanol–water partition coefficient (Wildman–Crippen LogP) is 3.19. The third-order valence-electron chi connectivity index (χ3n) is 3.58. The molecule has 1 aliphatic rings. The Labute approximate surface area is 144 Å². The second kappa shape index (κ2) is 6.99. The normalized spacial score (nSPS) is 13.4. The number of amides is 1. The van der Waals surface area contributed by atoms with Gasteiger partial charge in [0.05, 0.1) is 16.3 Å². The molecule has 118 valence electrons. The number of allylic oxidation sites excluding steroid dienone is 1. The third-order valence-corrected chi connectivity index (χ3v) is 4.95. The molecular weight excluding hydrogens is 403 g/mol. The lowest BCUT2D eigenvalue weighted by Crippen LogP contribution is -2.16. The average Bonchev–Trinajstić information content (AvgIpc) is 2.85. The Morgan fingerprint density at radius 1 is 1.26 bits per heavy atom. The molecule has 0 bridgehead atoms. The van der Waals surface area contributed by atoms with E-state index in [1.54, 1.807) is 0 Å². The summed E-state index contributed by atoms with van der Waals surface area (Å²) in [6.45, 7) is 3.91. The number of aliphatic imine (C=N–C) groups is 1. The van der Waals surface area contributed by atoms with Gasteiger partial charge >= 0.3 is 0 Å². The Kier molecular flexibility index (Phi) is 4.80. The Morgan fingerprint density at radius 3 is 2.74 bits per heavy atom. The van der Waals surface area contributed by atoms with Crippen molar-refractivity contribution in [1.29, 1.82) is 0 Å². The summed E-state index contributed by atoms with van der Waals surface area (Å²) in [6, 6.07) is 9.47. The van der Waals surface area contributed by atoms with Crippen molar-refractivity contribution in [2.75, 3.05) is 5.32 Å². The van der Waals surface area contributed by atoms with E-state index in [9.17, 15) is 4.79 Å². The van der Waals surface area contributed by atoms with E-state index in [0.717, 1.165) is 28.5 Å². The monoisotopic (exact) mass is 420 g/mol. The lowest BCUT2D eigenvalue weighted by Gasteiger charge is -2.07. The lowest BCUT2D eigenvalue weighted by molar-refractivity contribution is -0.115. The molecule has 0 saturated heterocycles. The topological polar surface area (TPSA) is 59.3 Å². The molecule has 2 heterocycles. The van der Waals surface area contributed by atoms with E-state index < -0.39 is 0 Å². The molecule has 0 atom stereocenters. The zero-order valence-corrected chi connectivity index (χ0v) is 15.1. The highest BCUT2D eigenvalue weighted by molar-refractivity contribution is 14.2. The number of rotatable bonds is 3. The van der Waals surface area contributed by atoms with Gasteiger partial charge in [-0.25, -0.2) is 9.67 Å². The summed E-state index contributed by atoms with van der Waals surface area (Å²) in [7, 11) is 0. The summed E-state index contributed by atoms with van der Waals surface area (Å²) in [5, 5.41) is 7.45. The van der Waals surface area contributed by atoms with Crippen molar-refractivity contribution in [3.63, 3.8) is 0 Å². The van der Waals surface area contributed by atoms with Crippen LogP contribution in [-0.4, -0.2) is 25.7 Å². The van der Waals surface area contributed by atoms with Crippen LogP contribution in [-0.2, 0) is 11.2 Å². The van der Waals surface area contributed by atoms with Crippen molar-refractivity contribution < 1.29 is 4.79 Å². The van der Waals surface area contributed by atoms with Gasteiger partial charge in [0.2, 0.25) is 5.91 Å². The molecule has 6 heteroatoms. The van der Waals surface area contributed by atoms with Crippen molar-refractivity contribution in [3.8, 4) is 0 Å². The van der Waals surface area contributed by atoms with Crippen LogP contribution in [0.2, 0.25) is 0 Å². The maximum absolute atomic E-state index is 12.3. The maximum atomic E-state index is 12.3. The first-order chi connectivity index (χ1) is 11.1. The van der Waals surface area contributed by atoms with Crippen LogP contribution < -0.4 is 5.32 Å². The minimum Gasteiger partial charge on any atom is -0.326 e. The molecule has 1 aromatic carbocycles. The first kappa shape index (κ1) is 15.8. The van der Waals surface area contributed by atoms with Gasteiger partial charge in [-0.3, -0.25) is 4.79 Å². The number of aromatic nitrogens is 2. The second-order valence-electron chi connectivity index (χ2n) is 5.16. The Bertz CT molecular complexity index is 819. The molecule has 0 spiro atoms. The number of nitrogens with one attached hydrogen (secondary N) is 1. The molecule has 1 aliphatic heterocycles. The van der Waals surface area contributed by atoms with Crippen LogP contribution >= 0.6 is 20.7 Å². The molecule has 5 nitrogen and oxygen atoms in total. The van der Waals surface area contributed by atoms with Crippen molar-refractivity contribution >= 4 is 42.3 Å². The van der Waals surface area contributed by atoms with Gasteiger partial charge < -0.3 is 5.32 Å². The number of nitrogens with zero attached hydrogens (tertiary/aromatic N) is 3. The Balaban J connectivity index is 1.79. The Hall–Kier alpha value is -2.09. The van der Waals surface area contributed by atoms with Gasteiger partial charge in [0.25, 0.3) is 0 Å². The van der Waals surface area contributed by atoms with Gasteiger partial charge in [-0.2, -0.15) is 5.10 Å². The SMILES string of the molecule is Cc1nn(C2=NC=IC=C2)c(C)c1CC(=O)Nc1ccccc1. The van der Waals surface area contributed by atoms with Crippen LogP contribution in [0.3, 0.4) is 0 Å². The first-order valence-electron chi connectivity index (χ1n) is 7.23. The zero-order chi connectivity index (χ0) is 16.2. The summed E-state index contributed by atoms with van der Waals surface area (Å²) >= 11 is -0.0570. The Morgan fingerprint density at radius 2 is 2.04 bits per heavy atom. The number of para-hydroxylation sites is 1. The molecule has 0 aliphatic carbocycles. The van der Waals surface area contributed by atoms with Gasteiger partial charge in [0, 0.05) is 16.9 Å². The molecular formula is C17H17IN4O. The number of aryl methyl sites for hydroxylation is 1. The van der Waals surface area contributed by atoms with Crippen LogP contribution in [0.15, 0.2) is 45.5 Å². The van der Waals surface area contributed by atoms with Crippen molar-refractivity contribution in [3.05, 3.63) is 57.4 Å². The van der Waals surface area contributed by atoms with Crippen LogP contribution in [0.4, 0.5) is 5.69 Å². The summed E-state index contributed by atoms with van der Waals surface area (Å²) < 4.78 is 5.93. The van der Waals surface area contributed by atoms with Gasteiger partial charge in [-0.15, -0.1) is 0 Å². The van der Waals surface area contributed by atoms with Crippen LogP contribution in [0.25, 0.3) is 0 Å². The van der Waals surface area contributed by atoms with E-state index in [1.165, 1.54) is 0 Å². The second-order valence-corrected chi connectivity index (χ2v) is 7.15. The number of carbonyl (C=O) groups is 1. The fourth-order valence-corrected chi connectivity index (χ4v) is 3.57. The van der Waals surface area contributed by atoms with Crippen LogP contribution in [0.5, 0.6) is 0 Å². The minimum absolute atomic E-state index is 0.0412. The number of anilines is 1. The lowest BCUT2D eigenvalue weighted by atomic mass is 10.1. The number of carbonyl (C=O) groups excluding carboxylic acids is 1. The van der Waals surface area contributed by atoms with Crippen molar-refractivity contribution in [1.82, 2.24) is 9.78 Å². The largest absolute Gasteiger partial charge is 0.326 e. The number of halogens is 1. The molecule has 3 rings (SSSR count). The fourth-order valence-electron chi connectivity index (χ4n) is 2.41. The van der Waals surface area contributed by atoms with Gasteiger partial charge in [0.1, 0.15) is 0 Å². The van der Waals surface area contributed by atoms with E-state index in [4.69, 9.17) is 0 Å². The van der Waals surface area contributed by atoms with E-state index >= 15 is 0 Å².